The van der Waals surface area contributed by atoms with Crippen molar-refractivity contribution in [2.75, 3.05) is 0 Å². The molecule has 0 unspecified atom stereocenters. The molecule has 0 aliphatic heterocycles. The van der Waals surface area contributed by atoms with E-state index in [1.807, 2.05) is 24.3 Å². The summed E-state index contributed by atoms with van der Waals surface area (Å²) in [4.78, 5) is 28.1. The van der Waals surface area contributed by atoms with Gasteiger partial charge in [-0.3, -0.25) is 14.6 Å². The van der Waals surface area contributed by atoms with E-state index < -0.39 is 0 Å². The molecule has 1 aromatic carbocycles. The molecule has 7 heteroatoms. The van der Waals surface area contributed by atoms with Gasteiger partial charge in [-0.25, -0.2) is 4.68 Å². The minimum absolute atomic E-state index is 0.0319. The lowest BCUT2D eigenvalue weighted by atomic mass is 10.2. The molecule has 2 aromatic heterocycles. The van der Waals surface area contributed by atoms with Gasteiger partial charge in [-0.05, 0) is 42.7 Å². The first-order chi connectivity index (χ1) is 12.7. The predicted molar refractivity (Wildman–Crippen MR) is 98.3 cm³/mol. The van der Waals surface area contributed by atoms with Crippen LogP contribution in [-0.2, 0) is 17.9 Å². The number of fused-ring (bicyclic) bond motifs is 1. The fourth-order valence-corrected chi connectivity index (χ4v) is 2.68. The van der Waals surface area contributed by atoms with E-state index in [0.29, 0.717) is 30.4 Å². The summed E-state index contributed by atoms with van der Waals surface area (Å²) >= 11 is 0. The number of hydrogen-bond acceptors (Lipinski definition) is 5. The highest BCUT2D eigenvalue weighted by Gasteiger charge is 2.05. The Hall–Kier alpha value is -3.09. The van der Waals surface area contributed by atoms with Crippen LogP contribution in [0, 0.1) is 0 Å². The SMILES string of the molecule is O=C(CCCCCn1nnc2ccccc2c1=O)NCc1ccncc1. The zero-order valence-electron chi connectivity index (χ0n) is 14.5. The van der Waals surface area contributed by atoms with Crippen molar-refractivity contribution in [3.63, 3.8) is 0 Å². The standard InChI is InChI=1S/C19H21N5O2/c25-18(21-14-15-9-11-20-12-10-15)8-2-1-5-13-24-19(26)16-6-3-4-7-17(16)22-23-24/h3-4,6-7,9-12H,1-2,5,8,13-14H2,(H,21,25). The van der Waals surface area contributed by atoms with Crippen LogP contribution < -0.4 is 10.9 Å². The molecule has 3 aromatic rings. The number of pyridine rings is 1. The van der Waals surface area contributed by atoms with Gasteiger partial charge in [0.25, 0.3) is 5.56 Å². The van der Waals surface area contributed by atoms with Crippen LogP contribution in [0.15, 0.2) is 53.6 Å². The van der Waals surface area contributed by atoms with Crippen LogP contribution >= 0.6 is 0 Å². The molecular formula is C19H21N5O2. The van der Waals surface area contributed by atoms with Crippen LogP contribution in [-0.4, -0.2) is 25.9 Å². The van der Waals surface area contributed by atoms with Crippen LogP contribution in [0.3, 0.4) is 0 Å². The Morgan fingerprint density at radius 2 is 1.85 bits per heavy atom. The van der Waals surface area contributed by atoms with Crippen LogP contribution in [0.2, 0.25) is 0 Å². The highest BCUT2D eigenvalue weighted by Crippen LogP contribution is 2.05. The second kappa shape index (κ2) is 8.84. The Morgan fingerprint density at radius 1 is 1.04 bits per heavy atom. The summed E-state index contributed by atoms with van der Waals surface area (Å²) < 4.78 is 1.39. The van der Waals surface area contributed by atoms with Crippen LogP contribution in [0.1, 0.15) is 31.2 Å². The van der Waals surface area contributed by atoms with Gasteiger partial charge >= 0.3 is 0 Å². The molecule has 0 bridgehead atoms. The van der Waals surface area contributed by atoms with Crippen molar-refractivity contribution in [3.8, 4) is 0 Å². The summed E-state index contributed by atoms with van der Waals surface area (Å²) in [6, 6.07) is 10.9. The van der Waals surface area contributed by atoms with Gasteiger partial charge in [0.05, 0.1) is 5.39 Å². The number of rotatable bonds is 8. The normalized spacial score (nSPS) is 10.8. The minimum atomic E-state index is -0.120. The highest BCUT2D eigenvalue weighted by atomic mass is 16.1. The van der Waals surface area contributed by atoms with Crippen molar-refractivity contribution in [1.82, 2.24) is 25.3 Å². The maximum atomic E-state index is 12.3. The molecule has 3 rings (SSSR count). The average molecular weight is 351 g/mol. The fraction of sp³-hybridized carbons (Fsp3) is 0.316. The summed E-state index contributed by atoms with van der Waals surface area (Å²) in [6.07, 6.45) is 6.30. The average Bonchev–Trinajstić information content (AvgIpc) is 2.69. The molecule has 2 heterocycles. The van der Waals surface area contributed by atoms with Gasteiger partial charge in [0.15, 0.2) is 0 Å². The molecule has 0 atom stereocenters. The number of nitrogens with one attached hydrogen (secondary N) is 1. The Bertz CT molecular complexity index is 924. The van der Waals surface area contributed by atoms with Gasteiger partial charge in [-0.2, -0.15) is 0 Å². The second-order valence-electron chi connectivity index (χ2n) is 6.08. The maximum absolute atomic E-state index is 12.3. The van der Waals surface area contributed by atoms with Gasteiger partial charge in [0, 0.05) is 31.9 Å². The lowest BCUT2D eigenvalue weighted by molar-refractivity contribution is -0.121. The number of carbonyl (C=O) groups is 1. The number of hydrogen-bond donors (Lipinski definition) is 1. The van der Waals surface area contributed by atoms with Crippen molar-refractivity contribution in [3.05, 3.63) is 64.7 Å². The first kappa shape index (κ1) is 17.7. The van der Waals surface area contributed by atoms with Crippen molar-refractivity contribution in [2.45, 2.75) is 38.8 Å². The number of aromatic nitrogens is 4. The monoisotopic (exact) mass is 351 g/mol. The van der Waals surface area contributed by atoms with Gasteiger partial charge < -0.3 is 5.32 Å². The van der Waals surface area contributed by atoms with E-state index in [0.717, 1.165) is 24.8 Å². The van der Waals surface area contributed by atoms with E-state index in [1.54, 1.807) is 24.5 Å². The third kappa shape index (κ3) is 4.72. The van der Waals surface area contributed by atoms with Crippen LogP contribution in [0.5, 0.6) is 0 Å². The molecule has 0 spiro atoms. The zero-order chi connectivity index (χ0) is 18.2. The Balaban J connectivity index is 1.38. The van der Waals surface area contributed by atoms with E-state index in [-0.39, 0.29) is 11.5 Å². The molecular weight excluding hydrogens is 330 g/mol. The summed E-state index contributed by atoms with van der Waals surface area (Å²) in [5.74, 6) is 0.0319. The molecule has 26 heavy (non-hydrogen) atoms. The largest absolute Gasteiger partial charge is 0.352 e. The zero-order valence-corrected chi connectivity index (χ0v) is 14.5. The maximum Gasteiger partial charge on any atom is 0.277 e. The first-order valence-corrected chi connectivity index (χ1v) is 8.72. The quantitative estimate of drug-likeness (QED) is 0.628. The van der Waals surface area contributed by atoms with Gasteiger partial charge in [-0.1, -0.05) is 23.8 Å². The van der Waals surface area contributed by atoms with Crippen LogP contribution in [0.4, 0.5) is 0 Å². The lowest BCUT2D eigenvalue weighted by Gasteiger charge is -2.06. The number of nitrogens with zero attached hydrogens (tertiary/aromatic N) is 4. The minimum Gasteiger partial charge on any atom is -0.352 e. The summed E-state index contributed by atoms with van der Waals surface area (Å²) in [7, 11) is 0. The Labute approximate surface area is 151 Å². The fourth-order valence-electron chi connectivity index (χ4n) is 2.68. The van der Waals surface area contributed by atoms with Gasteiger partial charge in [0.1, 0.15) is 5.52 Å². The van der Waals surface area contributed by atoms with Crippen LogP contribution in [0.25, 0.3) is 10.9 Å². The van der Waals surface area contributed by atoms with E-state index in [1.165, 1.54) is 4.68 Å². The number of amides is 1. The molecule has 0 aliphatic rings. The van der Waals surface area contributed by atoms with E-state index in [4.69, 9.17) is 0 Å². The third-order valence-corrected chi connectivity index (χ3v) is 4.14. The topological polar surface area (TPSA) is 89.8 Å². The molecule has 0 radical (unpaired) electrons. The lowest BCUT2D eigenvalue weighted by Crippen LogP contribution is -2.24. The smallest absolute Gasteiger partial charge is 0.277 e. The Kier molecular flexibility index (Phi) is 6.03. The van der Waals surface area contributed by atoms with E-state index in [2.05, 4.69) is 20.6 Å². The molecule has 0 aliphatic carbocycles. The highest BCUT2D eigenvalue weighted by molar-refractivity contribution is 5.76. The molecule has 1 amide bonds. The number of carbonyl (C=O) groups excluding carboxylic acids is 1. The van der Waals surface area contributed by atoms with Gasteiger partial charge in [-0.15, -0.1) is 5.10 Å². The summed E-state index contributed by atoms with van der Waals surface area (Å²) in [6.45, 7) is 1.03. The summed E-state index contributed by atoms with van der Waals surface area (Å²) in [5, 5.41) is 11.5. The molecule has 1 N–H and O–H groups in total. The molecule has 7 nitrogen and oxygen atoms in total. The van der Waals surface area contributed by atoms with E-state index >= 15 is 0 Å². The van der Waals surface area contributed by atoms with Crippen molar-refractivity contribution >= 4 is 16.8 Å². The first-order valence-electron chi connectivity index (χ1n) is 8.72. The number of unbranched alkanes of at least 4 members (excludes halogenated alkanes) is 2. The molecule has 134 valence electrons. The van der Waals surface area contributed by atoms with Crippen molar-refractivity contribution < 1.29 is 4.79 Å². The number of aryl methyl sites for hydroxylation is 1. The third-order valence-electron chi connectivity index (χ3n) is 4.14. The summed E-state index contributed by atoms with van der Waals surface area (Å²) in [5.41, 5.74) is 1.52. The van der Waals surface area contributed by atoms with Crippen molar-refractivity contribution in [2.24, 2.45) is 0 Å². The Morgan fingerprint density at radius 3 is 2.69 bits per heavy atom. The number of benzene rings is 1. The molecule has 0 fully saturated rings. The molecule has 0 saturated carbocycles. The van der Waals surface area contributed by atoms with Gasteiger partial charge in [0.2, 0.25) is 5.91 Å². The predicted octanol–water partition coefficient (Wildman–Crippen LogP) is 2.06. The molecule has 0 saturated heterocycles. The van der Waals surface area contributed by atoms with Crippen molar-refractivity contribution in [1.29, 1.82) is 0 Å². The second-order valence-corrected chi connectivity index (χ2v) is 6.08. The van der Waals surface area contributed by atoms with E-state index in [9.17, 15) is 9.59 Å².